The van der Waals surface area contributed by atoms with Gasteiger partial charge in [0.1, 0.15) is 5.38 Å². The zero-order chi connectivity index (χ0) is 11.5. The van der Waals surface area contributed by atoms with E-state index in [9.17, 15) is 15.2 Å². The summed E-state index contributed by atoms with van der Waals surface area (Å²) in [4.78, 5) is 10.1. The molecular weight excluding hydrogens is 218 g/mol. The van der Waals surface area contributed by atoms with E-state index in [1.165, 1.54) is 12.1 Å². The van der Waals surface area contributed by atoms with Crippen molar-refractivity contribution in [2.75, 3.05) is 0 Å². The van der Waals surface area contributed by atoms with Crippen LogP contribution in [-0.4, -0.2) is 15.4 Å². The molecule has 0 amide bonds. The van der Waals surface area contributed by atoms with E-state index in [0.29, 0.717) is 6.42 Å². The lowest BCUT2D eigenvalue weighted by molar-refractivity contribution is -0.636. The highest BCUT2D eigenvalue weighted by molar-refractivity contribution is 6.21. The third-order valence-corrected chi connectivity index (χ3v) is 2.89. The molecule has 0 aliphatic heterocycles. The van der Waals surface area contributed by atoms with E-state index in [0.717, 1.165) is 0 Å². The highest BCUT2D eigenvalue weighted by Crippen LogP contribution is 2.31. The zero-order valence-electron chi connectivity index (χ0n) is 8.26. The second-order valence-electron chi connectivity index (χ2n) is 3.23. The summed E-state index contributed by atoms with van der Waals surface area (Å²) in [6.45, 7) is 1.69. The first kappa shape index (κ1) is 11.9. The summed E-state index contributed by atoms with van der Waals surface area (Å²) in [6.07, 6.45) is 0.313. The van der Waals surface area contributed by atoms with Crippen LogP contribution in [0, 0.1) is 10.1 Å². The van der Waals surface area contributed by atoms with E-state index in [2.05, 4.69) is 0 Å². The summed E-state index contributed by atoms with van der Waals surface area (Å²) in [6, 6.07) is 7.97. The summed E-state index contributed by atoms with van der Waals surface area (Å²) in [5.74, 6) is 0. The Hall–Kier alpha value is -1.13. The number of nitro groups is 1. The first-order valence-corrected chi connectivity index (χ1v) is 5.03. The maximum atomic E-state index is 10.9. The molecule has 15 heavy (non-hydrogen) atoms. The molecule has 4 nitrogen and oxygen atoms in total. The van der Waals surface area contributed by atoms with E-state index >= 15 is 0 Å². The van der Waals surface area contributed by atoms with Crippen LogP contribution in [0.25, 0.3) is 0 Å². The first-order valence-electron chi connectivity index (χ1n) is 4.60. The number of aliphatic hydroxyl groups is 1. The number of nitrogens with zero attached hydrogens (tertiary/aromatic N) is 1. The molecule has 2 unspecified atom stereocenters. The Balaban J connectivity index is 3.19. The average Bonchev–Trinajstić information content (AvgIpc) is 2.27. The Morgan fingerprint density at radius 1 is 1.53 bits per heavy atom. The lowest BCUT2D eigenvalue weighted by Gasteiger charge is -2.23. The van der Waals surface area contributed by atoms with Crippen molar-refractivity contribution in [2.45, 2.75) is 24.4 Å². The molecule has 1 rings (SSSR count). The van der Waals surface area contributed by atoms with Gasteiger partial charge in [0, 0.05) is 0 Å². The van der Waals surface area contributed by atoms with Crippen molar-refractivity contribution < 1.29 is 10.0 Å². The van der Waals surface area contributed by atoms with Crippen LogP contribution in [0.5, 0.6) is 0 Å². The largest absolute Gasteiger partial charge is 0.365 e. The molecule has 0 heterocycles. The lowest BCUT2D eigenvalue weighted by Crippen LogP contribution is -2.43. The normalized spacial score (nSPS) is 16.7. The number of halogens is 1. The molecule has 0 bridgehead atoms. The van der Waals surface area contributed by atoms with Gasteiger partial charge < -0.3 is 5.11 Å². The highest BCUT2D eigenvalue weighted by Gasteiger charge is 2.49. The number of hydrogen-bond acceptors (Lipinski definition) is 3. The first-order chi connectivity index (χ1) is 7.03. The molecule has 0 spiro atoms. The Morgan fingerprint density at radius 3 is 2.47 bits per heavy atom. The topological polar surface area (TPSA) is 63.4 Å². The average molecular weight is 230 g/mol. The molecule has 0 radical (unpaired) electrons. The molecule has 0 saturated heterocycles. The van der Waals surface area contributed by atoms with Crippen molar-refractivity contribution in [2.24, 2.45) is 0 Å². The van der Waals surface area contributed by atoms with Gasteiger partial charge in [0.15, 0.2) is 0 Å². The Morgan fingerprint density at radius 2 is 2.07 bits per heavy atom. The highest BCUT2D eigenvalue weighted by atomic mass is 35.5. The molecule has 0 aliphatic rings. The van der Waals surface area contributed by atoms with E-state index in [4.69, 9.17) is 11.6 Å². The SMILES string of the molecule is CCC(Cl)C(O)(c1ccccc1)[N+](=O)[O-]. The van der Waals surface area contributed by atoms with Gasteiger partial charge in [-0.3, -0.25) is 10.1 Å². The van der Waals surface area contributed by atoms with Crippen LogP contribution in [0.15, 0.2) is 30.3 Å². The third kappa shape index (κ3) is 2.11. The molecule has 1 N–H and O–H groups in total. The van der Waals surface area contributed by atoms with E-state index in [-0.39, 0.29) is 5.56 Å². The van der Waals surface area contributed by atoms with Crippen LogP contribution in [0.3, 0.4) is 0 Å². The number of hydrogen-bond donors (Lipinski definition) is 1. The summed E-state index contributed by atoms with van der Waals surface area (Å²) < 4.78 is 0. The van der Waals surface area contributed by atoms with E-state index in [1.807, 2.05) is 0 Å². The number of benzene rings is 1. The Bertz CT molecular complexity index is 344. The predicted molar refractivity (Wildman–Crippen MR) is 57.3 cm³/mol. The van der Waals surface area contributed by atoms with Crippen molar-refractivity contribution in [3.05, 3.63) is 46.0 Å². The molecule has 0 fully saturated rings. The van der Waals surface area contributed by atoms with Gasteiger partial charge in [0.25, 0.3) is 0 Å². The van der Waals surface area contributed by atoms with Gasteiger partial charge in [-0.2, -0.15) is 0 Å². The molecule has 1 aromatic rings. The summed E-state index contributed by atoms with van der Waals surface area (Å²) in [7, 11) is 0. The maximum absolute atomic E-state index is 10.9. The van der Waals surface area contributed by atoms with Gasteiger partial charge in [-0.15, -0.1) is 11.6 Å². The second kappa shape index (κ2) is 4.59. The summed E-state index contributed by atoms with van der Waals surface area (Å²) in [5, 5.41) is 19.9. The third-order valence-electron chi connectivity index (χ3n) is 2.27. The van der Waals surface area contributed by atoms with Crippen LogP contribution < -0.4 is 0 Å². The van der Waals surface area contributed by atoms with Gasteiger partial charge in [-0.1, -0.05) is 25.1 Å². The van der Waals surface area contributed by atoms with Gasteiger partial charge in [-0.05, 0) is 18.6 Å². The van der Waals surface area contributed by atoms with Gasteiger partial charge in [0.2, 0.25) is 0 Å². The molecule has 0 saturated carbocycles. The summed E-state index contributed by atoms with van der Waals surface area (Å²) in [5.41, 5.74) is -2.01. The zero-order valence-corrected chi connectivity index (χ0v) is 9.02. The smallest absolute Gasteiger partial charge is 0.326 e. The Kier molecular flexibility index (Phi) is 3.66. The van der Waals surface area contributed by atoms with Crippen molar-refractivity contribution >= 4 is 11.6 Å². The van der Waals surface area contributed by atoms with Gasteiger partial charge in [-0.25, -0.2) is 0 Å². The minimum absolute atomic E-state index is 0.205. The minimum Gasteiger partial charge on any atom is -0.326 e. The molecule has 2 atom stereocenters. The second-order valence-corrected chi connectivity index (χ2v) is 3.75. The fourth-order valence-electron chi connectivity index (χ4n) is 1.37. The molecule has 0 aliphatic carbocycles. The van der Waals surface area contributed by atoms with E-state index in [1.54, 1.807) is 25.1 Å². The van der Waals surface area contributed by atoms with Crippen LogP contribution in [0.4, 0.5) is 0 Å². The van der Waals surface area contributed by atoms with Crippen LogP contribution in [-0.2, 0) is 5.72 Å². The number of alkyl halides is 1. The monoisotopic (exact) mass is 229 g/mol. The van der Waals surface area contributed by atoms with Crippen LogP contribution in [0.2, 0.25) is 0 Å². The quantitative estimate of drug-likeness (QED) is 0.372. The van der Waals surface area contributed by atoms with Crippen molar-refractivity contribution in [3.8, 4) is 0 Å². The molecule has 1 aromatic carbocycles. The fourth-order valence-corrected chi connectivity index (χ4v) is 1.57. The molecule has 5 heteroatoms. The van der Waals surface area contributed by atoms with E-state index < -0.39 is 16.0 Å². The van der Waals surface area contributed by atoms with Crippen LogP contribution in [0.1, 0.15) is 18.9 Å². The maximum Gasteiger partial charge on any atom is 0.365 e. The van der Waals surface area contributed by atoms with Crippen LogP contribution >= 0.6 is 11.6 Å². The lowest BCUT2D eigenvalue weighted by atomic mass is 9.98. The number of rotatable bonds is 4. The molecular formula is C10H12ClNO3. The van der Waals surface area contributed by atoms with Gasteiger partial charge in [0.05, 0.1) is 10.5 Å². The van der Waals surface area contributed by atoms with Crippen molar-refractivity contribution in [3.63, 3.8) is 0 Å². The minimum atomic E-state index is -2.21. The predicted octanol–water partition coefficient (Wildman–Crippen LogP) is 2.13. The molecule has 82 valence electrons. The van der Waals surface area contributed by atoms with Crippen molar-refractivity contribution in [1.29, 1.82) is 0 Å². The molecule has 0 aromatic heterocycles. The van der Waals surface area contributed by atoms with Crippen molar-refractivity contribution in [1.82, 2.24) is 0 Å². The van der Waals surface area contributed by atoms with Gasteiger partial charge >= 0.3 is 5.72 Å². The Labute approximate surface area is 92.6 Å². The standard InChI is InChI=1S/C10H12ClNO3/c1-2-9(11)10(13,12(14)15)8-6-4-3-5-7-8/h3-7,9,13H,2H2,1H3. The summed E-state index contributed by atoms with van der Waals surface area (Å²) >= 11 is 5.81. The fraction of sp³-hybridized carbons (Fsp3) is 0.400.